The van der Waals surface area contributed by atoms with Crippen molar-refractivity contribution >= 4 is 17.6 Å². The van der Waals surface area contributed by atoms with Crippen molar-refractivity contribution in [3.05, 3.63) is 6.07 Å². The molecule has 0 aromatic carbocycles. The van der Waals surface area contributed by atoms with E-state index in [1.807, 2.05) is 0 Å². The lowest BCUT2D eigenvalue weighted by Gasteiger charge is -2.29. The number of hydrogen-bond acceptors (Lipinski definition) is 6. The summed E-state index contributed by atoms with van der Waals surface area (Å²) in [6.45, 7) is 3.26. The molecule has 1 heterocycles. The summed E-state index contributed by atoms with van der Waals surface area (Å²) in [5.41, 5.74) is 8.10. The molecule has 18 heavy (non-hydrogen) atoms. The quantitative estimate of drug-likeness (QED) is 0.478. The number of nitrogens with two attached hydrogens (primary N) is 2. The van der Waals surface area contributed by atoms with Crippen molar-refractivity contribution < 1.29 is 0 Å². The van der Waals surface area contributed by atoms with Crippen molar-refractivity contribution in [1.29, 1.82) is 0 Å². The third-order valence-electron chi connectivity index (χ3n) is 3.73. The Balaban J connectivity index is 1.94. The summed E-state index contributed by atoms with van der Waals surface area (Å²) < 4.78 is 0. The molecule has 0 radical (unpaired) electrons. The lowest BCUT2D eigenvalue weighted by Crippen LogP contribution is -2.25. The zero-order valence-corrected chi connectivity index (χ0v) is 10.8. The van der Waals surface area contributed by atoms with E-state index in [1.165, 1.54) is 25.7 Å². The van der Waals surface area contributed by atoms with Gasteiger partial charge in [0.1, 0.15) is 11.6 Å². The second-order valence-corrected chi connectivity index (χ2v) is 5.04. The van der Waals surface area contributed by atoms with Gasteiger partial charge in [-0.1, -0.05) is 26.2 Å². The van der Waals surface area contributed by atoms with Crippen LogP contribution in [-0.2, 0) is 0 Å². The average Bonchev–Trinajstić information content (AvgIpc) is 2.37. The van der Waals surface area contributed by atoms with E-state index in [4.69, 9.17) is 11.6 Å². The molecule has 1 aromatic rings. The van der Waals surface area contributed by atoms with E-state index in [1.54, 1.807) is 6.07 Å². The summed E-state index contributed by atoms with van der Waals surface area (Å²) in [4.78, 5) is 8.10. The molecule has 1 aliphatic rings. The van der Waals surface area contributed by atoms with Crippen LogP contribution in [0.2, 0.25) is 0 Å². The molecule has 1 aliphatic carbocycles. The first-order valence-corrected chi connectivity index (χ1v) is 6.54. The summed E-state index contributed by atoms with van der Waals surface area (Å²) in [7, 11) is 0. The number of aromatic nitrogens is 2. The molecule has 2 rings (SSSR count). The second kappa shape index (κ2) is 5.86. The van der Waals surface area contributed by atoms with Crippen molar-refractivity contribution in [3.8, 4) is 0 Å². The van der Waals surface area contributed by atoms with E-state index in [-0.39, 0.29) is 5.95 Å². The van der Waals surface area contributed by atoms with E-state index in [9.17, 15) is 0 Å². The minimum absolute atomic E-state index is 0.227. The second-order valence-electron chi connectivity index (χ2n) is 5.04. The number of nitrogens with one attached hydrogen (secondary N) is 2. The Labute approximate surface area is 108 Å². The fraction of sp³-hybridized carbons (Fsp3) is 0.667. The molecule has 0 saturated heterocycles. The van der Waals surface area contributed by atoms with Gasteiger partial charge in [-0.05, 0) is 18.3 Å². The van der Waals surface area contributed by atoms with Crippen molar-refractivity contribution in [3.63, 3.8) is 0 Å². The van der Waals surface area contributed by atoms with Crippen LogP contribution < -0.4 is 22.3 Å². The van der Waals surface area contributed by atoms with Crippen molar-refractivity contribution in [2.24, 2.45) is 17.7 Å². The summed E-state index contributed by atoms with van der Waals surface area (Å²) in [5.74, 6) is 8.30. The summed E-state index contributed by atoms with van der Waals surface area (Å²) in [5, 5.41) is 3.33. The van der Waals surface area contributed by atoms with Gasteiger partial charge in [0.05, 0.1) is 0 Å². The van der Waals surface area contributed by atoms with Gasteiger partial charge in [-0.25, -0.2) is 5.84 Å². The SMILES string of the molecule is CC1CCCCC1CNc1cc(NN)nc(N)n1. The van der Waals surface area contributed by atoms with Crippen LogP contribution in [0.3, 0.4) is 0 Å². The first-order chi connectivity index (χ1) is 8.69. The van der Waals surface area contributed by atoms with Gasteiger partial charge in [-0.15, -0.1) is 0 Å². The highest BCUT2D eigenvalue weighted by Gasteiger charge is 2.20. The highest BCUT2D eigenvalue weighted by molar-refractivity contribution is 5.50. The third kappa shape index (κ3) is 3.22. The number of anilines is 3. The standard InChI is InChI=1S/C12H22N6/c1-8-4-2-3-5-9(8)7-15-10-6-11(18-14)17-12(13)16-10/h6,8-9H,2-5,7,14H2,1H3,(H4,13,15,16,17,18). The van der Waals surface area contributed by atoms with Crippen LogP contribution in [0.25, 0.3) is 0 Å². The maximum Gasteiger partial charge on any atom is 0.223 e. The number of nitrogens with zero attached hydrogens (tertiary/aromatic N) is 2. The number of nitrogen functional groups attached to an aromatic ring is 2. The van der Waals surface area contributed by atoms with Gasteiger partial charge in [0.15, 0.2) is 0 Å². The van der Waals surface area contributed by atoms with E-state index in [0.717, 1.165) is 18.3 Å². The van der Waals surface area contributed by atoms with Gasteiger partial charge in [-0.3, -0.25) is 0 Å². The van der Waals surface area contributed by atoms with Crippen molar-refractivity contribution in [2.45, 2.75) is 32.6 Å². The molecule has 0 bridgehead atoms. The zero-order valence-electron chi connectivity index (χ0n) is 10.8. The lowest BCUT2D eigenvalue weighted by molar-refractivity contribution is 0.268. The molecule has 2 atom stereocenters. The molecule has 1 saturated carbocycles. The molecule has 1 aromatic heterocycles. The van der Waals surface area contributed by atoms with Gasteiger partial charge in [0, 0.05) is 12.6 Å². The van der Waals surface area contributed by atoms with Crippen LogP contribution >= 0.6 is 0 Å². The number of hydrazine groups is 1. The van der Waals surface area contributed by atoms with Gasteiger partial charge >= 0.3 is 0 Å². The third-order valence-corrected chi connectivity index (χ3v) is 3.73. The molecule has 1 fully saturated rings. The Morgan fingerprint density at radius 1 is 1.28 bits per heavy atom. The molecule has 6 N–H and O–H groups in total. The predicted octanol–water partition coefficient (Wildman–Crippen LogP) is 1.58. The molecule has 100 valence electrons. The smallest absolute Gasteiger partial charge is 0.223 e. The molecule has 6 heteroatoms. The monoisotopic (exact) mass is 250 g/mol. The average molecular weight is 250 g/mol. The van der Waals surface area contributed by atoms with Crippen molar-refractivity contribution in [2.75, 3.05) is 23.0 Å². The minimum Gasteiger partial charge on any atom is -0.370 e. The van der Waals surface area contributed by atoms with E-state index in [0.29, 0.717) is 11.7 Å². The minimum atomic E-state index is 0.227. The Kier molecular flexibility index (Phi) is 4.19. The highest BCUT2D eigenvalue weighted by Crippen LogP contribution is 2.29. The summed E-state index contributed by atoms with van der Waals surface area (Å²) in [6.07, 6.45) is 5.31. The fourth-order valence-electron chi connectivity index (χ4n) is 2.56. The fourth-order valence-corrected chi connectivity index (χ4v) is 2.56. The Hall–Kier alpha value is -1.56. The largest absolute Gasteiger partial charge is 0.370 e. The number of rotatable bonds is 4. The molecular formula is C12H22N6. The van der Waals surface area contributed by atoms with E-state index >= 15 is 0 Å². The lowest BCUT2D eigenvalue weighted by atomic mass is 9.80. The van der Waals surface area contributed by atoms with Crippen LogP contribution in [0, 0.1) is 11.8 Å². The highest BCUT2D eigenvalue weighted by atomic mass is 15.3. The maximum absolute atomic E-state index is 5.61. The first kappa shape index (κ1) is 12.9. The maximum atomic E-state index is 5.61. The Morgan fingerprint density at radius 2 is 2.00 bits per heavy atom. The zero-order chi connectivity index (χ0) is 13.0. The van der Waals surface area contributed by atoms with Crippen LogP contribution in [0.4, 0.5) is 17.6 Å². The summed E-state index contributed by atoms with van der Waals surface area (Å²) in [6, 6.07) is 1.77. The van der Waals surface area contributed by atoms with E-state index < -0.39 is 0 Å². The molecule has 0 amide bonds. The summed E-state index contributed by atoms with van der Waals surface area (Å²) >= 11 is 0. The van der Waals surface area contributed by atoms with Gasteiger partial charge in [-0.2, -0.15) is 9.97 Å². The normalized spacial score (nSPS) is 23.7. The Bertz CT molecular complexity index is 394. The van der Waals surface area contributed by atoms with Crippen LogP contribution in [0.5, 0.6) is 0 Å². The number of hydrogen-bond donors (Lipinski definition) is 4. The molecule has 0 spiro atoms. The predicted molar refractivity (Wildman–Crippen MR) is 73.9 cm³/mol. The Morgan fingerprint density at radius 3 is 2.72 bits per heavy atom. The molecular weight excluding hydrogens is 228 g/mol. The van der Waals surface area contributed by atoms with Gasteiger partial charge in [0.25, 0.3) is 0 Å². The molecule has 2 unspecified atom stereocenters. The van der Waals surface area contributed by atoms with Gasteiger partial charge in [0.2, 0.25) is 5.95 Å². The topological polar surface area (TPSA) is 102 Å². The van der Waals surface area contributed by atoms with Crippen LogP contribution in [0.15, 0.2) is 6.07 Å². The first-order valence-electron chi connectivity index (χ1n) is 6.54. The van der Waals surface area contributed by atoms with Crippen LogP contribution in [-0.4, -0.2) is 16.5 Å². The van der Waals surface area contributed by atoms with E-state index in [2.05, 4.69) is 27.6 Å². The molecule has 6 nitrogen and oxygen atoms in total. The van der Waals surface area contributed by atoms with Gasteiger partial charge < -0.3 is 16.5 Å². The van der Waals surface area contributed by atoms with Crippen LogP contribution in [0.1, 0.15) is 32.6 Å². The molecule has 0 aliphatic heterocycles. The van der Waals surface area contributed by atoms with Crippen molar-refractivity contribution in [1.82, 2.24) is 9.97 Å².